The van der Waals surface area contributed by atoms with E-state index >= 15 is 0 Å². The van der Waals surface area contributed by atoms with E-state index in [-0.39, 0.29) is 12.4 Å². The van der Waals surface area contributed by atoms with Gasteiger partial charge >= 0.3 is 0 Å². The Labute approximate surface area is 223 Å². The van der Waals surface area contributed by atoms with E-state index in [4.69, 9.17) is 20.3 Å². The lowest BCUT2D eigenvalue weighted by atomic mass is 10.1. The van der Waals surface area contributed by atoms with Gasteiger partial charge in [-0.15, -0.1) is 0 Å². The van der Waals surface area contributed by atoms with Crippen molar-refractivity contribution in [1.82, 2.24) is 34.6 Å². The van der Waals surface area contributed by atoms with Gasteiger partial charge in [-0.25, -0.2) is 19.6 Å². The Hall–Kier alpha value is -4.36. The molecule has 0 radical (unpaired) electrons. The summed E-state index contributed by atoms with van der Waals surface area (Å²) in [6, 6.07) is 17.6. The first-order chi connectivity index (χ1) is 19.0. The van der Waals surface area contributed by atoms with Crippen LogP contribution in [-0.4, -0.2) is 71.5 Å². The first-order valence-corrected chi connectivity index (χ1v) is 12.5. The van der Waals surface area contributed by atoms with Crippen molar-refractivity contribution in [3.63, 3.8) is 0 Å². The summed E-state index contributed by atoms with van der Waals surface area (Å²) in [4.78, 5) is 12.4. The van der Waals surface area contributed by atoms with E-state index in [1.807, 2.05) is 65.5 Å². The average Bonchev–Trinajstić information content (AvgIpc) is 3.67. The third-order valence-corrected chi connectivity index (χ3v) is 6.83. The van der Waals surface area contributed by atoms with Gasteiger partial charge in [0.25, 0.3) is 0 Å². The molecular weight excluding hydrogens is 500 g/mol. The van der Waals surface area contributed by atoms with Crippen LogP contribution in [0, 0.1) is 0 Å². The minimum atomic E-state index is -1.18. The molecule has 1 saturated heterocycles. The maximum Gasteiger partial charge on any atom is 0.167 e. The molecule has 1 fully saturated rings. The number of nitrogens with one attached hydrogen (secondary N) is 1. The van der Waals surface area contributed by atoms with Crippen molar-refractivity contribution in [2.45, 2.75) is 31.1 Å². The molecule has 5 N–H and O–H groups in total. The smallest absolute Gasteiger partial charge is 0.167 e. The van der Waals surface area contributed by atoms with Gasteiger partial charge in [-0.1, -0.05) is 18.2 Å². The van der Waals surface area contributed by atoms with Crippen molar-refractivity contribution < 1.29 is 19.7 Å². The number of nitrogen functional groups attached to an aromatic ring is 1. The summed E-state index contributed by atoms with van der Waals surface area (Å²) in [5.74, 6) is 0.995. The van der Waals surface area contributed by atoms with Crippen molar-refractivity contribution in [3.05, 3.63) is 79.0 Å². The van der Waals surface area contributed by atoms with E-state index in [0.717, 1.165) is 28.3 Å². The summed E-state index contributed by atoms with van der Waals surface area (Å²) >= 11 is 0. The molecule has 12 nitrogen and oxygen atoms in total. The van der Waals surface area contributed by atoms with Crippen LogP contribution in [0.2, 0.25) is 0 Å². The van der Waals surface area contributed by atoms with E-state index in [1.54, 1.807) is 11.7 Å². The summed E-state index contributed by atoms with van der Waals surface area (Å²) in [5.41, 5.74) is 10.4. The lowest BCUT2D eigenvalue weighted by Gasteiger charge is -2.16. The largest absolute Gasteiger partial charge is 0.497 e. The Kier molecular flexibility index (Phi) is 6.67. The molecule has 0 aliphatic carbocycles. The van der Waals surface area contributed by atoms with Crippen molar-refractivity contribution in [2.75, 3.05) is 19.4 Å². The number of aliphatic hydroxyl groups excluding tert-OH is 2. The first-order valence-electron chi connectivity index (χ1n) is 12.5. The molecule has 1 aliphatic rings. The highest BCUT2D eigenvalue weighted by atomic mass is 16.6. The van der Waals surface area contributed by atoms with E-state index in [2.05, 4.69) is 20.3 Å². The maximum atomic E-state index is 10.8. The predicted molar refractivity (Wildman–Crippen MR) is 143 cm³/mol. The number of benzene rings is 2. The van der Waals surface area contributed by atoms with E-state index in [9.17, 15) is 10.2 Å². The topological polar surface area (TPSA) is 158 Å². The molecule has 4 heterocycles. The van der Waals surface area contributed by atoms with Gasteiger partial charge in [0.1, 0.15) is 35.9 Å². The number of fused-ring (bicyclic) bond motifs is 1. The average molecular weight is 529 g/mol. The molecule has 0 spiro atoms. The van der Waals surface area contributed by atoms with Gasteiger partial charge in [0.2, 0.25) is 0 Å². The van der Waals surface area contributed by atoms with Crippen molar-refractivity contribution >= 4 is 17.0 Å². The molecule has 0 bridgehead atoms. The quantitative estimate of drug-likeness (QED) is 0.233. The van der Waals surface area contributed by atoms with Crippen molar-refractivity contribution in [2.24, 2.45) is 0 Å². The molecule has 0 amide bonds. The number of nitrogens with zero attached hydrogens (tertiary/aromatic N) is 6. The Morgan fingerprint density at radius 3 is 2.59 bits per heavy atom. The number of ether oxygens (including phenoxy) is 2. The second-order valence-corrected chi connectivity index (χ2v) is 9.27. The number of anilines is 1. The van der Waals surface area contributed by atoms with Crippen molar-refractivity contribution in [3.8, 4) is 22.7 Å². The third kappa shape index (κ3) is 4.70. The summed E-state index contributed by atoms with van der Waals surface area (Å²) < 4.78 is 14.8. The molecule has 0 unspecified atom stereocenters. The first kappa shape index (κ1) is 24.9. The van der Waals surface area contributed by atoms with Gasteiger partial charge in [0, 0.05) is 30.4 Å². The molecule has 6 rings (SSSR count). The fraction of sp³-hybridized carbons (Fsp3) is 0.259. The van der Waals surface area contributed by atoms with Gasteiger partial charge in [-0.05, 0) is 36.4 Å². The zero-order chi connectivity index (χ0) is 26.9. The Balaban J connectivity index is 1.20. The van der Waals surface area contributed by atoms with Crippen LogP contribution >= 0.6 is 0 Å². The maximum absolute atomic E-state index is 10.8. The predicted octanol–water partition coefficient (Wildman–Crippen LogP) is 1.68. The van der Waals surface area contributed by atoms with E-state index < -0.39 is 24.5 Å². The molecule has 2 aromatic carbocycles. The van der Waals surface area contributed by atoms with Crippen LogP contribution in [0.1, 0.15) is 11.8 Å². The molecule has 39 heavy (non-hydrogen) atoms. The van der Waals surface area contributed by atoms with Gasteiger partial charge in [0.05, 0.1) is 24.8 Å². The van der Waals surface area contributed by atoms with E-state index in [1.165, 1.54) is 12.7 Å². The van der Waals surface area contributed by atoms with Crippen LogP contribution < -0.4 is 15.8 Å². The lowest BCUT2D eigenvalue weighted by molar-refractivity contribution is -0.0342. The lowest BCUT2D eigenvalue weighted by Crippen LogP contribution is -2.37. The molecule has 3 aromatic heterocycles. The van der Waals surface area contributed by atoms with Crippen LogP contribution in [0.25, 0.3) is 28.1 Å². The van der Waals surface area contributed by atoms with Gasteiger partial charge in [-0.3, -0.25) is 4.57 Å². The highest BCUT2D eigenvalue weighted by Crippen LogP contribution is 2.32. The Bertz CT molecular complexity index is 1570. The number of para-hydroxylation sites is 1. The fourth-order valence-corrected chi connectivity index (χ4v) is 4.78. The molecular formula is C27H28N8O4. The Morgan fingerprint density at radius 2 is 1.82 bits per heavy atom. The number of aliphatic hydroxyl groups is 2. The SMILES string of the molecule is COc1ccc(-c2nn(-c3ccccc3)cc2CNC[C@H]2O[C@@H](n3cnc4c(N)ncnc43)[C@H](O)[C@@H]2O)cc1. The second kappa shape index (κ2) is 10.4. The van der Waals surface area contributed by atoms with Crippen LogP contribution in [0.3, 0.4) is 0 Å². The van der Waals surface area contributed by atoms with Gasteiger partial charge < -0.3 is 30.7 Å². The van der Waals surface area contributed by atoms with Crippen LogP contribution in [0.15, 0.2) is 73.4 Å². The van der Waals surface area contributed by atoms with Crippen LogP contribution in [-0.2, 0) is 11.3 Å². The summed E-state index contributed by atoms with van der Waals surface area (Å²) in [5, 5.41) is 29.7. The summed E-state index contributed by atoms with van der Waals surface area (Å²) in [6.45, 7) is 0.746. The number of methoxy groups -OCH3 is 1. The number of hydrogen-bond donors (Lipinski definition) is 4. The standard InChI is InChI=1S/C27H28N8O4/c1-38-19-9-7-16(8-10-19)21-17(13-35(33-21)18-5-3-2-4-6-18)11-29-12-20-23(36)24(37)27(39-20)34-15-32-22-25(28)30-14-31-26(22)34/h2-10,13-15,20,23-24,27,29,36-37H,11-12H2,1H3,(H2,28,30,31)/t20-,23-,24-,27-/m1/s1. The Morgan fingerprint density at radius 1 is 1.03 bits per heavy atom. The van der Waals surface area contributed by atoms with Gasteiger partial charge in [0.15, 0.2) is 17.7 Å². The number of nitrogens with two attached hydrogens (primary N) is 1. The number of aromatic nitrogens is 6. The number of hydrogen-bond acceptors (Lipinski definition) is 10. The highest BCUT2D eigenvalue weighted by Gasteiger charge is 2.44. The normalized spacial score (nSPS) is 21.0. The van der Waals surface area contributed by atoms with Crippen LogP contribution in [0.4, 0.5) is 5.82 Å². The molecule has 4 atom stereocenters. The molecule has 12 heteroatoms. The summed E-state index contributed by atoms with van der Waals surface area (Å²) in [6.07, 6.45) is 0.937. The summed E-state index contributed by atoms with van der Waals surface area (Å²) in [7, 11) is 1.63. The third-order valence-electron chi connectivity index (χ3n) is 6.83. The number of imidazole rings is 1. The monoisotopic (exact) mass is 528 g/mol. The number of rotatable bonds is 8. The minimum Gasteiger partial charge on any atom is -0.497 e. The molecule has 1 aliphatic heterocycles. The second-order valence-electron chi connectivity index (χ2n) is 9.27. The molecule has 0 saturated carbocycles. The minimum absolute atomic E-state index is 0.230. The van der Waals surface area contributed by atoms with Crippen LogP contribution in [0.5, 0.6) is 5.75 Å². The zero-order valence-corrected chi connectivity index (χ0v) is 21.1. The van der Waals surface area contributed by atoms with Crippen molar-refractivity contribution in [1.29, 1.82) is 0 Å². The van der Waals surface area contributed by atoms with Gasteiger partial charge in [-0.2, -0.15) is 5.10 Å². The molecule has 200 valence electrons. The zero-order valence-electron chi connectivity index (χ0n) is 21.1. The molecule has 5 aromatic rings. The highest BCUT2D eigenvalue weighted by molar-refractivity contribution is 5.81. The fourth-order valence-electron chi connectivity index (χ4n) is 4.78. The van der Waals surface area contributed by atoms with E-state index in [0.29, 0.717) is 17.7 Å².